The first-order valence-electron chi connectivity index (χ1n) is 8.05. The maximum atomic E-state index is 13.2. The lowest BCUT2D eigenvalue weighted by atomic mass is 10.0. The number of amides is 1. The van der Waals surface area contributed by atoms with E-state index in [2.05, 4.69) is 11.9 Å². The van der Waals surface area contributed by atoms with Gasteiger partial charge in [-0.05, 0) is 24.7 Å². The number of benzene rings is 2. The molecule has 1 aliphatic rings. The van der Waals surface area contributed by atoms with Crippen molar-refractivity contribution in [2.75, 3.05) is 33.3 Å². The van der Waals surface area contributed by atoms with E-state index in [-0.39, 0.29) is 24.4 Å². The molecular weight excluding hydrogens is 307 g/mol. The standard InChI is InChI=1S/C19H21FN2O2/c1-21-10-11-22(18(13-21)15-6-3-2-4-7-15)19(23)14-24-17-9-5-8-16(20)12-17/h2-9,12,18H,10-11,13-14H2,1H3. The van der Waals surface area contributed by atoms with E-state index < -0.39 is 0 Å². The van der Waals surface area contributed by atoms with Crippen LogP contribution in [0.25, 0.3) is 0 Å². The molecule has 2 aromatic rings. The highest BCUT2D eigenvalue weighted by atomic mass is 19.1. The lowest BCUT2D eigenvalue weighted by molar-refractivity contribution is -0.138. The molecule has 1 aliphatic heterocycles. The van der Waals surface area contributed by atoms with Gasteiger partial charge in [-0.15, -0.1) is 0 Å². The normalized spacial score (nSPS) is 18.4. The van der Waals surface area contributed by atoms with E-state index in [0.29, 0.717) is 12.3 Å². The topological polar surface area (TPSA) is 32.8 Å². The van der Waals surface area contributed by atoms with Crippen LogP contribution in [0, 0.1) is 5.82 Å². The number of hydrogen-bond donors (Lipinski definition) is 0. The first-order valence-corrected chi connectivity index (χ1v) is 8.05. The SMILES string of the molecule is CN1CCN(C(=O)COc2cccc(F)c2)C(c2ccccc2)C1. The molecular formula is C19H21FN2O2. The van der Waals surface area contributed by atoms with Crippen molar-refractivity contribution in [3.63, 3.8) is 0 Å². The van der Waals surface area contributed by atoms with Crippen LogP contribution in [0.4, 0.5) is 4.39 Å². The molecule has 1 unspecified atom stereocenters. The lowest BCUT2D eigenvalue weighted by Crippen LogP contribution is -2.50. The van der Waals surface area contributed by atoms with Crippen LogP contribution in [0.1, 0.15) is 11.6 Å². The van der Waals surface area contributed by atoms with E-state index in [1.54, 1.807) is 12.1 Å². The van der Waals surface area contributed by atoms with Gasteiger partial charge in [0.25, 0.3) is 5.91 Å². The Morgan fingerprint density at radius 3 is 2.71 bits per heavy atom. The zero-order chi connectivity index (χ0) is 16.9. The highest BCUT2D eigenvalue weighted by molar-refractivity contribution is 5.78. The average Bonchev–Trinajstić information content (AvgIpc) is 2.60. The highest BCUT2D eigenvalue weighted by Crippen LogP contribution is 2.25. The minimum Gasteiger partial charge on any atom is -0.484 e. The van der Waals surface area contributed by atoms with Crippen LogP contribution in [0.3, 0.4) is 0 Å². The molecule has 1 saturated heterocycles. The summed E-state index contributed by atoms with van der Waals surface area (Å²) in [4.78, 5) is 16.7. The Bertz CT molecular complexity index is 693. The third kappa shape index (κ3) is 3.92. The Balaban J connectivity index is 1.69. The van der Waals surface area contributed by atoms with Crippen molar-refractivity contribution in [3.8, 4) is 5.75 Å². The Labute approximate surface area is 141 Å². The zero-order valence-electron chi connectivity index (χ0n) is 13.7. The van der Waals surface area contributed by atoms with Crippen LogP contribution < -0.4 is 4.74 Å². The fraction of sp³-hybridized carbons (Fsp3) is 0.316. The van der Waals surface area contributed by atoms with Crippen LogP contribution in [-0.2, 0) is 4.79 Å². The van der Waals surface area contributed by atoms with Crippen molar-refractivity contribution in [3.05, 3.63) is 66.0 Å². The molecule has 0 radical (unpaired) electrons. The molecule has 0 spiro atoms. The van der Waals surface area contributed by atoms with Gasteiger partial charge >= 0.3 is 0 Å². The molecule has 2 aromatic carbocycles. The fourth-order valence-electron chi connectivity index (χ4n) is 2.96. The van der Waals surface area contributed by atoms with E-state index >= 15 is 0 Å². The fourth-order valence-corrected chi connectivity index (χ4v) is 2.96. The predicted molar refractivity (Wildman–Crippen MR) is 90.3 cm³/mol. The van der Waals surface area contributed by atoms with Crippen molar-refractivity contribution >= 4 is 5.91 Å². The molecule has 1 atom stereocenters. The monoisotopic (exact) mass is 328 g/mol. The molecule has 24 heavy (non-hydrogen) atoms. The minimum atomic E-state index is -0.373. The molecule has 0 saturated carbocycles. The van der Waals surface area contributed by atoms with Gasteiger partial charge in [-0.1, -0.05) is 36.4 Å². The Hall–Kier alpha value is -2.40. The number of hydrogen-bond acceptors (Lipinski definition) is 3. The van der Waals surface area contributed by atoms with Gasteiger partial charge in [0.2, 0.25) is 0 Å². The second-order valence-electron chi connectivity index (χ2n) is 6.02. The maximum absolute atomic E-state index is 13.2. The number of halogens is 1. The molecule has 1 heterocycles. The van der Waals surface area contributed by atoms with Crippen LogP contribution >= 0.6 is 0 Å². The molecule has 126 valence electrons. The third-order valence-corrected chi connectivity index (χ3v) is 4.25. The largest absolute Gasteiger partial charge is 0.484 e. The number of likely N-dealkylation sites (N-methyl/N-ethyl adjacent to an activating group) is 1. The summed E-state index contributed by atoms with van der Waals surface area (Å²) < 4.78 is 18.7. The van der Waals surface area contributed by atoms with Crippen LogP contribution in [-0.4, -0.2) is 49.0 Å². The van der Waals surface area contributed by atoms with Crippen molar-refractivity contribution in [2.24, 2.45) is 0 Å². The molecule has 1 amide bonds. The number of rotatable bonds is 4. The molecule has 4 nitrogen and oxygen atoms in total. The van der Waals surface area contributed by atoms with Gasteiger partial charge in [0, 0.05) is 25.7 Å². The molecule has 0 aromatic heterocycles. The number of ether oxygens (including phenoxy) is 1. The zero-order valence-corrected chi connectivity index (χ0v) is 13.7. The van der Waals surface area contributed by atoms with Gasteiger partial charge < -0.3 is 14.5 Å². The van der Waals surface area contributed by atoms with E-state index in [0.717, 1.165) is 18.7 Å². The number of carbonyl (C=O) groups excluding carboxylic acids is 1. The molecule has 3 rings (SSSR count). The van der Waals surface area contributed by atoms with Crippen LogP contribution in [0.2, 0.25) is 0 Å². The summed E-state index contributed by atoms with van der Waals surface area (Å²) in [6, 6.07) is 15.9. The quantitative estimate of drug-likeness (QED) is 0.865. The van der Waals surface area contributed by atoms with Gasteiger partial charge in [0.15, 0.2) is 6.61 Å². The number of carbonyl (C=O) groups is 1. The highest BCUT2D eigenvalue weighted by Gasteiger charge is 2.30. The summed E-state index contributed by atoms with van der Waals surface area (Å²) in [6.45, 7) is 2.18. The van der Waals surface area contributed by atoms with Crippen LogP contribution in [0.15, 0.2) is 54.6 Å². The molecule has 0 N–H and O–H groups in total. The van der Waals surface area contributed by atoms with E-state index in [4.69, 9.17) is 4.74 Å². The second kappa shape index (κ2) is 7.45. The molecule has 0 bridgehead atoms. The van der Waals surface area contributed by atoms with Gasteiger partial charge in [0.05, 0.1) is 6.04 Å². The first-order chi connectivity index (χ1) is 11.6. The summed E-state index contributed by atoms with van der Waals surface area (Å²) in [5.41, 5.74) is 1.11. The predicted octanol–water partition coefficient (Wildman–Crippen LogP) is 2.72. The Morgan fingerprint density at radius 1 is 1.17 bits per heavy atom. The summed E-state index contributed by atoms with van der Waals surface area (Å²) in [5.74, 6) is -0.0864. The minimum absolute atomic E-state index is 0.00793. The molecule has 5 heteroatoms. The van der Waals surface area contributed by atoms with Crippen LogP contribution in [0.5, 0.6) is 5.75 Å². The van der Waals surface area contributed by atoms with Crippen molar-refractivity contribution in [1.82, 2.24) is 9.80 Å². The number of nitrogens with zero attached hydrogens (tertiary/aromatic N) is 2. The van der Waals surface area contributed by atoms with Gasteiger partial charge in [0.1, 0.15) is 11.6 Å². The van der Waals surface area contributed by atoms with Crippen molar-refractivity contribution in [1.29, 1.82) is 0 Å². The Kier molecular flexibility index (Phi) is 5.11. The van der Waals surface area contributed by atoms with Crippen molar-refractivity contribution in [2.45, 2.75) is 6.04 Å². The lowest BCUT2D eigenvalue weighted by Gasteiger charge is -2.40. The second-order valence-corrected chi connectivity index (χ2v) is 6.02. The van der Waals surface area contributed by atoms with Crippen molar-refractivity contribution < 1.29 is 13.9 Å². The van der Waals surface area contributed by atoms with Gasteiger partial charge in [-0.3, -0.25) is 4.79 Å². The number of piperazine rings is 1. The van der Waals surface area contributed by atoms with Gasteiger partial charge in [-0.25, -0.2) is 4.39 Å². The molecule has 0 aliphatic carbocycles. The smallest absolute Gasteiger partial charge is 0.261 e. The summed E-state index contributed by atoms with van der Waals surface area (Å²) in [6.07, 6.45) is 0. The molecule has 1 fully saturated rings. The summed E-state index contributed by atoms with van der Waals surface area (Å²) in [5, 5.41) is 0. The summed E-state index contributed by atoms with van der Waals surface area (Å²) in [7, 11) is 2.06. The maximum Gasteiger partial charge on any atom is 0.261 e. The van der Waals surface area contributed by atoms with Gasteiger partial charge in [-0.2, -0.15) is 0 Å². The third-order valence-electron chi connectivity index (χ3n) is 4.25. The summed E-state index contributed by atoms with van der Waals surface area (Å²) >= 11 is 0. The Morgan fingerprint density at radius 2 is 1.96 bits per heavy atom. The van der Waals surface area contributed by atoms with E-state index in [1.165, 1.54) is 12.1 Å². The average molecular weight is 328 g/mol. The first kappa shape index (κ1) is 16.5. The van der Waals surface area contributed by atoms with E-state index in [1.807, 2.05) is 35.2 Å². The van der Waals surface area contributed by atoms with E-state index in [9.17, 15) is 9.18 Å².